The van der Waals surface area contributed by atoms with Crippen LogP contribution in [0.4, 0.5) is 17.3 Å². The van der Waals surface area contributed by atoms with Crippen LogP contribution in [0.5, 0.6) is 0 Å². The molecule has 0 bridgehead atoms. The Morgan fingerprint density at radius 2 is 1.33 bits per heavy atom. The quantitative estimate of drug-likeness (QED) is 0.389. The fourth-order valence-corrected chi connectivity index (χ4v) is 4.36. The summed E-state index contributed by atoms with van der Waals surface area (Å²) in [6.07, 6.45) is 0. The molecular weight excluding hydrogens is 464 g/mol. The van der Waals surface area contributed by atoms with E-state index in [1.807, 2.05) is 50.2 Å². The van der Waals surface area contributed by atoms with Crippen LogP contribution < -0.4 is 10.0 Å². The van der Waals surface area contributed by atoms with E-state index < -0.39 is 10.0 Å². The minimum absolute atomic E-state index is 0.138. The molecule has 8 heteroatoms. The van der Waals surface area contributed by atoms with Crippen molar-refractivity contribution in [3.63, 3.8) is 0 Å². The zero-order valence-electron chi connectivity index (χ0n) is 16.3. The minimum Gasteiger partial charge on any atom is -0.337 e. The number of nitrogens with one attached hydrogen (secondary N) is 2. The Labute approximate surface area is 183 Å². The van der Waals surface area contributed by atoms with E-state index >= 15 is 0 Å². The van der Waals surface area contributed by atoms with E-state index in [2.05, 4.69) is 35.9 Å². The fourth-order valence-electron chi connectivity index (χ4n) is 3.09. The molecule has 0 aliphatic rings. The molecule has 0 spiro atoms. The largest absolute Gasteiger partial charge is 0.337 e. The summed E-state index contributed by atoms with van der Waals surface area (Å²) < 4.78 is 29.3. The van der Waals surface area contributed by atoms with Crippen molar-refractivity contribution in [1.29, 1.82) is 0 Å². The van der Waals surface area contributed by atoms with Crippen LogP contribution in [-0.2, 0) is 10.0 Å². The number of halogens is 1. The lowest BCUT2D eigenvalue weighted by Crippen LogP contribution is -2.16. The molecule has 1 aromatic heterocycles. The third-order valence-corrected chi connectivity index (χ3v) is 6.53. The third kappa shape index (κ3) is 4.15. The van der Waals surface area contributed by atoms with Crippen molar-refractivity contribution in [2.45, 2.75) is 18.7 Å². The molecule has 0 saturated heterocycles. The summed E-state index contributed by atoms with van der Waals surface area (Å²) in [6.45, 7) is 3.96. The van der Waals surface area contributed by atoms with Crippen LogP contribution >= 0.6 is 15.9 Å². The van der Waals surface area contributed by atoms with Crippen molar-refractivity contribution in [2.75, 3.05) is 10.0 Å². The van der Waals surface area contributed by atoms with E-state index in [0.717, 1.165) is 21.3 Å². The maximum absolute atomic E-state index is 13.0. The molecule has 0 atom stereocenters. The Hall–Kier alpha value is -2.97. The first-order valence-electron chi connectivity index (χ1n) is 9.22. The maximum atomic E-state index is 13.0. The molecule has 0 fully saturated rings. The second-order valence-electron chi connectivity index (χ2n) is 6.86. The molecule has 6 nitrogen and oxygen atoms in total. The highest BCUT2D eigenvalue weighted by Crippen LogP contribution is 2.30. The number of hydrogen-bond donors (Lipinski definition) is 2. The van der Waals surface area contributed by atoms with Crippen molar-refractivity contribution in [3.8, 4) is 0 Å². The molecule has 0 unspecified atom stereocenters. The molecule has 4 rings (SSSR count). The van der Waals surface area contributed by atoms with Crippen LogP contribution in [0.15, 0.2) is 76.1 Å². The third-order valence-electron chi connectivity index (χ3n) is 4.65. The van der Waals surface area contributed by atoms with Gasteiger partial charge in [0.1, 0.15) is 0 Å². The van der Waals surface area contributed by atoms with Gasteiger partial charge in [-0.2, -0.15) is 0 Å². The first-order valence-corrected chi connectivity index (χ1v) is 11.5. The molecule has 152 valence electrons. The number of rotatable bonds is 5. The lowest BCUT2D eigenvalue weighted by atomic mass is 10.1. The number of hydrogen-bond acceptors (Lipinski definition) is 5. The van der Waals surface area contributed by atoms with E-state index in [1.165, 1.54) is 12.1 Å². The van der Waals surface area contributed by atoms with Gasteiger partial charge in [-0.25, -0.2) is 18.4 Å². The Bertz CT molecular complexity index is 1320. The molecule has 1 heterocycles. The second-order valence-corrected chi connectivity index (χ2v) is 9.46. The minimum atomic E-state index is -3.85. The number of aromatic nitrogens is 2. The summed E-state index contributed by atoms with van der Waals surface area (Å²) >= 11 is 3.32. The molecule has 0 amide bonds. The topological polar surface area (TPSA) is 84.0 Å². The first kappa shape index (κ1) is 20.3. The van der Waals surface area contributed by atoms with Crippen molar-refractivity contribution in [1.82, 2.24) is 9.97 Å². The maximum Gasteiger partial charge on any atom is 0.263 e. The van der Waals surface area contributed by atoms with Crippen molar-refractivity contribution < 1.29 is 8.42 Å². The van der Waals surface area contributed by atoms with Gasteiger partial charge in [0, 0.05) is 10.2 Å². The van der Waals surface area contributed by atoms with E-state index in [4.69, 9.17) is 0 Å². The van der Waals surface area contributed by atoms with Gasteiger partial charge in [0.2, 0.25) is 0 Å². The number of fused-ring (bicyclic) bond motifs is 1. The number of para-hydroxylation sites is 3. The van der Waals surface area contributed by atoms with Gasteiger partial charge in [-0.15, -0.1) is 0 Å². The summed E-state index contributed by atoms with van der Waals surface area (Å²) in [6, 6.07) is 19.7. The van der Waals surface area contributed by atoms with Crippen LogP contribution in [0.2, 0.25) is 0 Å². The van der Waals surface area contributed by atoms with E-state index in [-0.39, 0.29) is 10.7 Å². The van der Waals surface area contributed by atoms with E-state index in [9.17, 15) is 8.42 Å². The zero-order valence-corrected chi connectivity index (χ0v) is 18.8. The molecule has 0 aliphatic carbocycles. The van der Waals surface area contributed by atoms with E-state index in [0.29, 0.717) is 16.9 Å². The predicted molar refractivity (Wildman–Crippen MR) is 124 cm³/mol. The highest BCUT2D eigenvalue weighted by Gasteiger charge is 2.19. The lowest BCUT2D eigenvalue weighted by Gasteiger charge is -2.16. The molecule has 0 radical (unpaired) electrons. The fraction of sp³-hybridized carbons (Fsp3) is 0.0909. The van der Waals surface area contributed by atoms with Crippen LogP contribution in [0.3, 0.4) is 0 Å². The SMILES string of the molecule is Cc1cccc(C)c1Nc1nc2ccccc2nc1NS(=O)(=O)c1ccc(Br)cc1. The molecule has 4 aromatic rings. The van der Waals surface area contributed by atoms with Crippen LogP contribution in [-0.4, -0.2) is 18.4 Å². The second kappa shape index (κ2) is 8.04. The Morgan fingerprint density at radius 3 is 1.93 bits per heavy atom. The Balaban J connectivity index is 1.81. The normalized spacial score (nSPS) is 11.4. The lowest BCUT2D eigenvalue weighted by molar-refractivity contribution is 0.601. The van der Waals surface area contributed by atoms with Gasteiger partial charge >= 0.3 is 0 Å². The van der Waals surface area contributed by atoms with E-state index in [1.54, 1.807) is 18.2 Å². The van der Waals surface area contributed by atoms with Crippen molar-refractivity contribution >= 4 is 54.3 Å². The number of anilines is 3. The average Bonchev–Trinajstić information content (AvgIpc) is 2.71. The molecular formula is C22H19BrN4O2S. The summed E-state index contributed by atoms with van der Waals surface area (Å²) in [7, 11) is -3.85. The number of aryl methyl sites for hydroxylation is 2. The number of sulfonamides is 1. The van der Waals surface area contributed by atoms with Gasteiger partial charge in [0.15, 0.2) is 11.6 Å². The zero-order chi connectivity index (χ0) is 21.3. The Morgan fingerprint density at radius 1 is 0.767 bits per heavy atom. The van der Waals surface area contributed by atoms with Gasteiger partial charge in [0.05, 0.1) is 15.9 Å². The van der Waals surface area contributed by atoms with Gasteiger partial charge in [-0.1, -0.05) is 46.3 Å². The summed E-state index contributed by atoms with van der Waals surface area (Å²) in [5, 5.41) is 3.28. The first-order chi connectivity index (χ1) is 14.3. The molecule has 2 N–H and O–H groups in total. The highest BCUT2D eigenvalue weighted by atomic mass is 79.9. The Kier molecular flexibility index (Phi) is 5.44. The molecule has 0 aliphatic heterocycles. The highest BCUT2D eigenvalue weighted by molar-refractivity contribution is 9.10. The number of benzene rings is 3. The van der Waals surface area contributed by atoms with Gasteiger partial charge in [-0.05, 0) is 61.4 Å². The standard InChI is InChI=1S/C22H19BrN4O2S/c1-14-6-5-7-15(2)20(14)26-21-22(25-19-9-4-3-8-18(19)24-21)27-30(28,29)17-12-10-16(23)11-13-17/h3-13H,1-2H3,(H,24,26)(H,25,27). The monoisotopic (exact) mass is 482 g/mol. The van der Waals surface area contributed by atoms with Crippen molar-refractivity contribution in [2.24, 2.45) is 0 Å². The van der Waals surface area contributed by atoms with Crippen LogP contribution in [0, 0.1) is 13.8 Å². The van der Waals surface area contributed by atoms with Crippen LogP contribution in [0.1, 0.15) is 11.1 Å². The van der Waals surface area contributed by atoms with Crippen molar-refractivity contribution in [3.05, 3.63) is 82.3 Å². The molecule has 30 heavy (non-hydrogen) atoms. The smallest absolute Gasteiger partial charge is 0.263 e. The summed E-state index contributed by atoms with van der Waals surface area (Å²) in [4.78, 5) is 9.31. The molecule has 3 aromatic carbocycles. The van der Waals surface area contributed by atoms with Gasteiger partial charge in [-0.3, -0.25) is 4.72 Å². The summed E-state index contributed by atoms with van der Waals surface area (Å²) in [5.41, 5.74) is 4.17. The van der Waals surface area contributed by atoms with Gasteiger partial charge < -0.3 is 5.32 Å². The van der Waals surface area contributed by atoms with Crippen LogP contribution in [0.25, 0.3) is 11.0 Å². The summed E-state index contributed by atoms with van der Waals surface area (Å²) in [5.74, 6) is 0.478. The number of nitrogens with zero attached hydrogens (tertiary/aromatic N) is 2. The molecule has 0 saturated carbocycles. The predicted octanol–water partition coefficient (Wildman–Crippen LogP) is 5.55. The average molecular weight is 483 g/mol. The van der Waals surface area contributed by atoms with Gasteiger partial charge in [0.25, 0.3) is 10.0 Å².